The van der Waals surface area contributed by atoms with Crippen LogP contribution in [0.25, 0.3) is 0 Å². The Morgan fingerprint density at radius 1 is 1.58 bits per heavy atom. The van der Waals surface area contributed by atoms with Gasteiger partial charge in [-0.2, -0.15) is 0 Å². The van der Waals surface area contributed by atoms with E-state index in [0.29, 0.717) is 12.6 Å². The van der Waals surface area contributed by atoms with Gasteiger partial charge in [0.05, 0.1) is 11.5 Å². The van der Waals surface area contributed by atoms with E-state index in [0.717, 1.165) is 30.9 Å². The summed E-state index contributed by atoms with van der Waals surface area (Å²) in [4.78, 5) is 12.7. The molecular formula is C13H19N3O3. The van der Waals surface area contributed by atoms with E-state index < -0.39 is 0 Å². The summed E-state index contributed by atoms with van der Waals surface area (Å²) in [6.45, 7) is 2.20. The molecule has 2 rings (SSSR count). The third-order valence-electron chi connectivity index (χ3n) is 3.52. The summed E-state index contributed by atoms with van der Waals surface area (Å²) in [6.07, 6.45) is 1.01. The predicted molar refractivity (Wildman–Crippen MR) is 73.3 cm³/mol. The molecule has 6 heteroatoms. The van der Waals surface area contributed by atoms with Crippen LogP contribution in [0.1, 0.15) is 12.0 Å². The molecule has 0 saturated carbocycles. The van der Waals surface area contributed by atoms with Crippen LogP contribution in [-0.4, -0.2) is 43.2 Å². The van der Waals surface area contributed by atoms with Crippen molar-refractivity contribution in [2.24, 2.45) is 0 Å². The molecule has 1 fully saturated rings. The highest BCUT2D eigenvalue weighted by Crippen LogP contribution is 2.24. The summed E-state index contributed by atoms with van der Waals surface area (Å²) in [5.74, 6) is 0. The number of hydrogen-bond donors (Lipinski definition) is 1. The van der Waals surface area contributed by atoms with E-state index in [1.54, 1.807) is 12.1 Å². The third kappa shape index (κ3) is 3.21. The molecular weight excluding hydrogens is 246 g/mol. The molecule has 6 nitrogen and oxygen atoms in total. The van der Waals surface area contributed by atoms with Crippen molar-refractivity contribution in [3.8, 4) is 0 Å². The number of likely N-dealkylation sites (N-methyl/N-ethyl adjacent to an activating group) is 1. The zero-order valence-corrected chi connectivity index (χ0v) is 11.3. The van der Waals surface area contributed by atoms with Gasteiger partial charge in [0, 0.05) is 44.1 Å². The average molecular weight is 265 g/mol. The van der Waals surface area contributed by atoms with Crippen LogP contribution in [0.4, 0.5) is 11.4 Å². The van der Waals surface area contributed by atoms with Crippen molar-refractivity contribution in [3.05, 3.63) is 33.9 Å². The lowest BCUT2D eigenvalue weighted by Crippen LogP contribution is -2.31. The zero-order valence-electron chi connectivity index (χ0n) is 11.3. The van der Waals surface area contributed by atoms with E-state index in [-0.39, 0.29) is 10.6 Å². The number of nitro groups is 1. The molecule has 1 unspecified atom stereocenters. The minimum Gasteiger partial charge on any atom is -0.388 e. The lowest BCUT2D eigenvalue weighted by atomic mass is 10.1. The smallest absolute Gasteiger partial charge is 0.269 e. The fraction of sp³-hybridized carbons (Fsp3) is 0.538. The molecule has 19 heavy (non-hydrogen) atoms. The molecule has 1 N–H and O–H groups in total. The summed E-state index contributed by atoms with van der Waals surface area (Å²) in [5, 5.41) is 13.9. The van der Waals surface area contributed by atoms with Crippen LogP contribution in [0.5, 0.6) is 0 Å². The van der Waals surface area contributed by atoms with Gasteiger partial charge in [0.1, 0.15) is 0 Å². The van der Waals surface area contributed by atoms with Crippen LogP contribution >= 0.6 is 0 Å². The molecule has 0 aromatic heterocycles. The lowest BCUT2D eigenvalue weighted by Gasteiger charge is -2.23. The highest BCUT2D eigenvalue weighted by molar-refractivity contribution is 5.55. The number of rotatable bonds is 5. The molecule has 1 aliphatic rings. The van der Waals surface area contributed by atoms with E-state index in [1.807, 2.05) is 14.1 Å². The first-order valence-corrected chi connectivity index (χ1v) is 6.35. The van der Waals surface area contributed by atoms with Crippen molar-refractivity contribution >= 4 is 11.4 Å². The van der Waals surface area contributed by atoms with Crippen molar-refractivity contribution in [1.82, 2.24) is 4.90 Å². The van der Waals surface area contributed by atoms with Gasteiger partial charge >= 0.3 is 0 Å². The second-order valence-corrected chi connectivity index (χ2v) is 4.78. The van der Waals surface area contributed by atoms with Crippen molar-refractivity contribution < 1.29 is 9.66 Å². The van der Waals surface area contributed by atoms with Gasteiger partial charge in [-0.3, -0.25) is 15.0 Å². The Bertz CT molecular complexity index is 458. The number of hydrogen-bond acceptors (Lipinski definition) is 5. The Labute approximate surface area is 112 Å². The molecule has 1 aromatic rings. The fourth-order valence-corrected chi connectivity index (χ4v) is 2.34. The average Bonchev–Trinajstić information content (AvgIpc) is 2.92. The molecule has 0 amide bonds. The summed E-state index contributed by atoms with van der Waals surface area (Å²) in [7, 11) is 3.85. The van der Waals surface area contributed by atoms with E-state index in [1.165, 1.54) is 6.07 Å². The molecule has 0 spiro atoms. The first-order valence-electron chi connectivity index (χ1n) is 6.35. The van der Waals surface area contributed by atoms with E-state index >= 15 is 0 Å². The number of ether oxygens (including phenoxy) is 1. The standard InChI is InChI=1S/C13H19N3O3/c1-14-13-4-3-11(16(17)18)7-10(13)8-15(2)12-5-6-19-9-12/h3-4,7,12,14H,5-6,8-9H2,1-2H3. The van der Waals surface area contributed by atoms with Gasteiger partial charge in [-0.25, -0.2) is 0 Å². The largest absolute Gasteiger partial charge is 0.388 e. The number of anilines is 1. The second-order valence-electron chi connectivity index (χ2n) is 4.78. The van der Waals surface area contributed by atoms with Crippen LogP contribution in [0.3, 0.4) is 0 Å². The third-order valence-corrected chi connectivity index (χ3v) is 3.52. The molecule has 1 aliphatic heterocycles. The van der Waals surface area contributed by atoms with E-state index in [9.17, 15) is 10.1 Å². The van der Waals surface area contributed by atoms with Crippen molar-refractivity contribution in [3.63, 3.8) is 0 Å². The van der Waals surface area contributed by atoms with Gasteiger partial charge in [-0.05, 0) is 25.1 Å². The van der Waals surface area contributed by atoms with E-state index in [2.05, 4.69) is 10.2 Å². The van der Waals surface area contributed by atoms with Crippen molar-refractivity contribution in [2.45, 2.75) is 19.0 Å². The second kappa shape index (κ2) is 5.99. The number of non-ortho nitro benzene ring substituents is 1. The minimum absolute atomic E-state index is 0.130. The Kier molecular flexibility index (Phi) is 4.34. The Hall–Kier alpha value is -1.66. The summed E-state index contributed by atoms with van der Waals surface area (Å²) in [5.41, 5.74) is 1.99. The molecule has 1 aromatic carbocycles. The number of nitro benzene ring substituents is 1. The maximum absolute atomic E-state index is 10.8. The molecule has 1 heterocycles. The van der Waals surface area contributed by atoms with Gasteiger partial charge in [-0.15, -0.1) is 0 Å². The normalized spacial score (nSPS) is 18.8. The SMILES string of the molecule is CNc1ccc([N+](=O)[O-])cc1CN(C)C1CCOC1. The summed E-state index contributed by atoms with van der Waals surface area (Å²) < 4.78 is 5.37. The number of nitrogens with zero attached hydrogens (tertiary/aromatic N) is 2. The van der Waals surface area contributed by atoms with E-state index in [4.69, 9.17) is 4.74 Å². The monoisotopic (exact) mass is 265 g/mol. The van der Waals surface area contributed by atoms with Gasteiger partial charge in [-0.1, -0.05) is 0 Å². The Balaban J connectivity index is 2.16. The van der Waals surface area contributed by atoms with Crippen LogP contribution in [0.2, 0.25) is 0 Å². The highest BCUT2D eigenvalue weighted by atomic mass is 16.6. The van der Waals surface area contributed by atoms with Crippen LogP contribution in [0.15, 0.2) is 18.2 Å². The quantitative estimate of drug-likeness (QED) is 0.650. The predicted octanol–water partition coefficient (Wildman–Crippen LogP) is 1.86. The molecule has 0 aliphatic carbocycles. The maximum atomic E-state index is 10.8. The molecule has 1 saturated heterocycles. The maximum Gasteiger partial charge on any atom is 0.269 e. The molecule has 0 bridgehead atoms. The first-order chi connectivity index (χ1) is 9.11. The van der Waals surface area contributed by atoms with Crippen LogP contribution in [-0.2, 0) is 11.3 Å². The molecule has 0 radical (unpaired) electrons. The molecule has 1 atom stereocenters. The van der Waals surface area contributed by atoms with Gasteiger partial charge < -0.3 is 10.1 Å². The minimum atomic E-state index is -0.360. The Morgan fingerprint density at radius 2 is 2.37 bits per heavy atom. The van der Waals surface area contributed by atoms with Crippen molar-refractivity contribution in [1.29, 1.82) is 0 Å². The number of benzene rings is 1. The first kappa shape index (κ1) is 13.8. The number of nitrogens with one attached hydrogen (secondary N) is 1. The Morgan fingerprint density at radius 3 is 2.95 bits per heavy atom. The lowest BCUT2D eigenvalue weighted by molar-refractivity contribution is -0.384. The summed E-state index contributed by atoms with van der Waals surface area (Å²) >= 11 is 0. The van der Waals surface area contributed by atoms with Crippen LogP contribution < -0.4 is 5.32 Å². The molecule has 104 valence electrons. The van der Waals surface area contributed by atoms with Gasteiger partial charge in [0.15, 0.2) is 0 Å². The topological polar surface area (TPSA) is 67.6 Å². The van der Waals surface area contributed by atoms with Gasteiger partial charge in [0.25, 0.3) is 5.69 Å². The highest BCUT2D eigenvalue weighted by Gasteiger charge is 2.21. The van der Waals surface area contributed by atoms with Crippen molar-refractivity contribution in [2.75, 3.05) is 32.6 Å². The summed E-state index contributed by atoms with van der Waals surface area (Å²) in [6, 6.07) is 5.31. The fourth-order valence-electron chi connectivity index (χ4n) is 2.34. The zero-order chi connectivity index (χ0) is 13.8. The van der Waals surface area contributed by atoms with Crippen LogP contribution in [0, 0.1) is 10.1 Å². The van der Waals surface area contributed by atoms with Gasteiger partial charge in [0.2, 0.25) is 0 Å².